The summed E-state index contributed by atoms with van der Waals surface area (Å²) in [5, 5.41) is 35.4. The maximum absolute atomic E-state index is 12.1. The largest absolute Gasteiger partial charge is 0.502 e. The lowest BCUT2D eigenvalue weighted by Crippen LogP contribution is -2.24. The number of nitrogens with one attached hydrogen (secondary N) is 1. The van der Waals surface area contributed by atoms with Gasteiger partial charge in [0.25, 0.3) is 11.6 Å². The summed E-state index contributed by atoms with van der Waals surface area (Å²) in [6, 6.07) is 18.1. The van der Waals surface area contributed by atoms with Crippen LogP contribution in [0, 0.1) is 20.2 Å². The second-order valence-corrected chi connectivity index (χ2v) is 6.36. The zero-order valence-corrected chi connectivity index (χ0v) is 16.4. The number of carbonyl (C=O) groups is 1. The molecule has 0 fully saturated rings. The van der Waals surface area contributed by atoms with Gasteiger partial charge in [-0.3, -0.25) is 25.0 Å². The van der Waals surface area contributed by atoms with Gasteiger partial charge in [0, 0.05) is 11.6 Å². The van der Waals surface area contributed by atoms with Crippen LogP contribution < -0.4 is 10.2 Å². The Kier molecular flexibility index (Phi) is 6.71. The smallest absolute Gasteiger partial charge is 0.318 e. The van der Waals surface area contributed by atoms with Crippen molar-refractivity contribution in [3.05, 3.63) is 92.5 Å². The first-order valence-corrected chi connectivity index (χ1v) is 9.11. The number of non-ortho nitro benzene ring substituents is 1. The summed E-state index contributed by atoms with van der Waals surface area (Å²) in [4.78, 5) is 32.2. The number of nitro benzene ring substituents is 2. The first kappa shape index (κ1) is 21.9. The van der Waals surface area contributed by atoms with E-state index in [1.165, 1.54) is 0 Å². The zero-order chi connectivity index (χ0) is 23.1. The molecule has 162 valence electrons. The lowest BCUT2D eigenvalue weighted by Gasteiger charge is -2.10. The van der Waals surface area contributed by atoms with Crippen LogP contribution in [0.15, 0.2) is 71.8 Å². The number of hydrogen-bond acceptors (Lipinski definition) is 8. The van der Waals surface area contributed by atoms with Gasteiger partial charge < -0.3 is 9.84 Å². The molecule has 0 aliphatic rings. The van der Waals surface area contributed by atoms with Crippen molar-refractivity contribution in [2.45, 2.75) is 0 Å². The molecule has 3 aromatic carbocycles. The Balaban J connectivity index is 1.68. The molecule has 0 spiro atoms. The summed E-state index contributed by atoms with van der Waals surface area (Å²) in [5.74, 6) is -0.986. The van der Waals surface area contributed by atoms with Gasteiger partial charge in [-0.2, -0.15) is 5.10 Å². The number of phenols is 1. The highest BCUT2D eigenvalue weighted by Gasteiger charge is 2.23. The second-order valence-electron chi connectivity index (χ2n) is 6.36. The molecule has 0 bridgehead atoms. The molecule has 0 unspecified atom stereocenters. The van der Waals surface area contributed by atoms with E-state index in [0.29, 0.717) is 11.8 Å². The summed E-state index contributed by atoms with van der Waals surface area (Å²) in [7, 11) is 0. The summed E-state index contributed by atoms with van der Waals surface area (Å²) in [6.45, 7) is -0.387. The first-order chi connectivity index (χ1) is 15.4. The summed E-state index contributed by atoms with van der Waals surface area (Å²) in [6.07, 6.45) is 0.866. The zero-order valence-electron chi connectivity index (χ0n) is 16.4. The molecule has 0 radical (unpaired) electrons. The number of carbonyl (C=O) groups excluding carboxylic acids is 1. The highest BCUT2D eigenvalue weighted by molar-refractivity contribution is 5.88. The minimum absolute atomic E-state index is 0.304. The molecule has 0 atom stereocenters. The number of nitrogens with zero attached hydrogens (tertiary/aromatic N) is 3. The predicted octanol–water partition coefficient (Wildman–Crippen LogP) is 3.40. The van der Waals surface area contributed by atoms with Gasteiger partial charge >= 0.3 is 5.69 Å². The molecule has 2 N–H and O–H groups in total. The molecule has 11 nitrogen and oxygen atoms in total. The number of hydrazone groups is 1. The van der Waals surface area contributed by atoms with Gasteiger partial charge in [0.15, 0.2) is 6.61 Å². The Labute approximate surface area is 180 Å². The Morgan fingerprint density at radius 1 is 1.03 bits per heavy atom. The molecule has 0 saturated heterocycles. The highest BCUT2D eigenvalue weighted by atomic mass is 16.6. The average Bonchev–Trinajstić information content (AvgIpc) is 2.79. The van der Waals surface area contributed by atoms with Crippen LogP contribution >= 0.6 is 0 Å². The van der Waals surface area contributed by atoms with E-state index in [-0.39, 0.29) is 12.2 Å². The van der Waals surface area contributed by atoms with Crippen LogP contribution in [0.1, 0.15) is 5.56 Å². The van der Waals surface area contributed by atoms with Gasteiger partial charge in [0.05, 0.1) is 27.7 Å². The van der Waals surface area contributed by atoms with Crippen LogP contribution in [0.3, 0.4) is 0 Å². The average molecular weight is 436 g/mol. The number of phenolic OH excluding ortho intramolecular Hbond substituents is 1. The fraction of sp³-hybridized carbons (Fsp3) is 0.0476. The Bertz CT molecular complexity index is 1200. The molecule has 0 saturated carbocycles. The van der Waals surface area contributed by atoms with E-state index in [9.17, 15) is 30.1 Å². The lowest BCUT2D eigenvalue weighted by molar-refractivity contribution is -0.394. The number of aromatic hydroxyl groups is 1. The van der Waals surface area contributed by atoms with Gasteiger partial charge in [-0.25, -0.2) is 5.43 Å². The summed E-state index contributed by atoms with van der Waals surface area (Å²) < 4.78 is 5.57. The van der Waals surface area contributed by atoms with E-state index in [1.807, 2.05) is 42.5 Å². The molecule has 3 aromatic rings. The van der Waals surface area contributed by atoms with Gasteiger partial charge in [-0.1, -0.05) is 48.5 Å². The molecule has 0 aliphatic carbocycles. The van der Waals surface area contributed by atoms with E-state index >= 15 is 0 Å². The van der Waals surface area contributed by atoms with Crippen molar-refractivity contribution in [3.8, 4) is 22.6 Å². The number of nitro groups is 2. The summed E-state index contributed by atoms with van der Waals surface area (Å²) in [5.41, 5.74) is 2.07. The lowest BCUT2D eigenvalue weighted by atomic mass is 10.1. The first-order valence-electron chi connectivity index (χ1n) is 9.11. The fourth-order valence-electron chi connectivity index (χ4n) is 2.77. The number of hydrogen-bond donors (Lipinski definition) is 2. The quantitative estimate of drug-likeness (QED) is 0.311. The Morgan fingerprint density at radius 3 is 2.41 bits per heavy atom. The highest BCUT2D eigenvalue weighted by Crippen LogP contribution is 2.33. The van der Waals surface area contributed by atoms with Gasteiger partial charge in [-0.15, -0.1) is 0 Å². The third-order valence-electron chi connectivity index (χ3n) is 4.24. The molecule has 1 amide bonds. The molecule has 0 heterocycles. The van der Waals surface area contributed by atoms with Crippen molar-refractivity contribution < 1.29 is 24.5 Å². The minimum atomic E-state index is -0.962. The summed E-state index contributed by atoms with van der Waals surface area (Å²) >= 11 is 0. The van der Waals surface area contributed by atoms with Crippen LogP contribution in [-0.2, 0) is 4.79 Å². The number of rotatable bonds is 8. The van der Waals surface area contributed by atoms with Crippen molar-refractivity contribution in [3.63, 3.8) is 0 Å². The van der Waals surface area contributed by atoms with Crippen molar-refractivity contribution in [1.82, 2.24) is 5.43 Å². The predicted molar refractivity (Wildman–Crippen MR) is 115 cm³/mol. The standard InChI is InChI=1S/C21H16N4O7/c26-20(13-32-19-9-5-4-8-17(19)14-6-2-1-3-7-14)23-22-12-15-10-16(24(28)29)11-18(21(15)27)25(30)31/h1-12,27H,13H2,(H,23,26)/b22-12-. The van der Waals surface area contributed by atoms with E-state index < -0.39 is 32.9 Å². The van der Waals surface area contributed by atoms with Crippen molar-refractivity contribution in [1.29, 1.82) is 0 Å². The Morgan fingerprint density at radius 2 is 1.72 bits per heavy atom. The monoisotopic (exact) mass is 436 g/mol. The molecule has 0 aliphatic heterocycles. The van der Waals surface area contributed by atoms with Crippen molar-refractivity contribution in [2.75, 3.05) is 6.61 Å². The Hall–Kier alpha value is -4.80. The molecular weight excluding hydrogens is 420 g/mol. The molecule has 32 heavy (non-hydrogen) atoms. The normalized spacial score (nSPS) is 10.6. The third-order valence-corrected chi connectivity index (χ3v) is 4.24. The second kappa shape index (κ2) is 9.80. The van der Waals surface area contributed by atoms with Crippen LogP contribution in [0.2, 0.25) is 0 Å². The number of para-hydroxylation sites is 1. The van der Waals surface area contributed by atoms with E-state index in [1.54, 1.807) is 12.1 Å². The van der Waals surface area contributed by atoms with Crippen LogP contribution in [-0.4, -0.2) is 33.7 Å². The van der Waals surface area contributed by atoms with Crippen molar-refractivity contribution >= 4 is 23.5 Å². The third kappa shape index (κ3) is 5.21. The maximum Gasteiger partial charge on any atom is 0.318 e. The van der Waals surface area contributed by atoms with Gasteiger partial charge in [0.2, 0.25) is 5.75 Å². The van der Waals surface area contributed by atoms with Gasteiger partial charge in [-0.05, 0) is 11.6 Å². The minimum Gasteiger partial charge on any atom is -0.502 e. The van der Waals surface area contributed by atoms with Crippen molar-refractivity contribution in [2.24, 2.45) is 5.10 Å². The van der Waals surface area contributed by atoms with Crippen LogP contribution in [0.5, 0.6) is 11.5 Å². The van der Waals surface area contributed by atoms with Crippen LogP contribution in [0.4, 0.5) is 11.4 Å². The number of amides is 1. The van der Waals surface area contributed by atoms with Gasteiger partial charge in [0.1, 0.15) is 5.75 Å². The SMILES string of the molecule is O=C(COc1ccccc1-c1ccccc1)N/N=C\c1cc([N+](=O)[O-])cc([N+](=O)[O-])c1O. The maximum atomic E-state index is 12.1. The topological polar surface area (TPSA) is 157 Å². The van der Waals surface area contributed by atoms with E-state index in [2.05, 4.69) is 10.5 Å². The molecular formula is C21H16N4O7. The number of benzene rings is 3. The van der Waals surface area contributed by atoms with Crippen LogP contribution in [0.25, 0.3) is 11.1 Å². The van der Waals surface area contributed by atoms with E-state index in [4.69, 9.17) is 4.74 Å². The fourth-order valence-corrected chi connectivity index (χ4v) is 2.77. The molecule has 0 aromatic heterocycles. The number of ether oxygens (including phenoxy) is 1. The van der Waals surface area contributed by atoms with E-state index in [0.717, 1.165) is 23.4 Å². The molecule has 3 rings (SSSR count). The molecule has 11 heteroatoms.